The standard InChI is InChI=1S/C17H22ClN3O/c1-11-6-7-15(12(2)10-11)17(22)19-8-5-9-21-14(4)16(18)13(3)20-21/h6-7,10H,5,8-9H2,1-4H3,(H,19,22). The zero-order valence-corrected chi connectivity index (χ0v) is 14.3. The first-order valence-electron chi connectivity index (χ1n) is 7.45. The van der Waals surface area contributed by atoms with Gasteiger partial charge in [0.05, 0.1) is 16.4 Å². The molecular weight excluding hydrogens is 298 g/mol. The molecule has 0 radical (unpaired) electrons. The number of aromatic nitrogens is 2. The minimum Gasteiger partial charge on any atom is -0.352 e. The molecule has 1 heterocycles. The fraction of sp³-hybridized carbons (Fsp3) is 0.412. The molecule has 0 aliphatic rings. The first kappa shape index (κ1) is 16.6. The Kier molecular flexibility index (Phi) is 5.24. The van der Waals surface area contributed by atoms with Gasteiger partial charge in [0.2, 0.25) is 0 Å². The van der Waals surface area contributed by atoms with Gasteiger partial charge in [-0.2, -0.15) is 5.10 Å². The van der Waals surface area contributed by atoms with E-state index < -0.39 is 0 Å². The Balaban J connectivity index is 1.86. The molecule has 4 nitrogen and oxygen atoms in total. The molecule has 2 aromatic rings. The van der Waals surface area contributed by atoms with Gasteiger partial charge >= 0.3 is 0 Å². The van der Waals surface area contributed by atoms with Crippen LogP contribution in [0.15, 0.2) is 18.2 Å². The highest BCUT2D eigenvalue weighted by atomic mass is 35.5. The lowest BCUT2D eigenvalue weighted by Crippen LogP contribution is -2.26. The number of nitrogens with one attached hydrogen (secondary N) is 1. The van der Waals surface area contributed by atoms with E-state index in [0.29, 0.717) is 6.54 Å². The summed E-state index contributed by atoms with van der Waals surface area (Å²) >= 11 is 6.12. The summed E-state index contributed by atoms with van der Waals surface area (Å²) in [4.78, 5) is 12.2. The summed E-state index contributed by atoms with van der Waals surface area (Å²) in [6.45, 7) is 9.19. The van der Waals surface area contributed by atoms with Gasteiger partial charge in [-0.15, -0.1) is 0 Å². The SMILES string of the molecule is Cc1ccc(C(=O)NCCCn2nc(C)c(Cl)c2C)c(C)c1. The summed E-state index contributed by atoms with van der Waals surface area (Å²) < 4.78 is 1.89. The van der Waals surface area contributed by atoms with E-state index in [1.807, 2.05) is 50.6 Å². The summed E-state index contributed by atoms with van der Waals surface area (Å²) in [6, 6.07) is 5.85. The molecule has 0 atom stereocenters. The van der Waals surface area contributed by atoms with Crippen LogP contribution in [0.2, 0.25) is 5.02 Å². The minimum absolute atomic E-state index is 0.0242. The molecule has 0 bridgehead atoms. The Bertz CT molecular complexity index is 691. The predicted molar refractivity (Wildman–Crippen MR) is 89.6 cm³/mol. The molecule has 118 valence electrons. The number of benzene rings is 1. The second-order valence-electron chi connectivity index (χ2n) is 5.64. The molecule has 0 saturated carbocycles. The minimum atomic E-state index is -0.0242. The van der Waals surface area contributed by atoms with Gasteiger partial charge in [0.15, 0.2) is 0 Å². The van der Waals surface area contributed by atoms with Crippen LogP contribution in [0.1, 0.15) is 39.3 Å². The zero-order valence-electron chi connectivity index (χ0n) is 13.5. The molecule has 0 saturated heterocycles. The molecule has 0 unspecified atom stereocenters. The van der Waals surface area contributed by atoms with Crippen LogP contribution in [0, 0.1) is 27.7 Å². The van der Waals surface area contributed by atoms with Gasteiger partial charge in [0.25, 0.3) is 5.91 Å². The molecule has 0 fully saturated rings. The molecular formula is C17H22ClN3O. The second kappa shape index (κ2) is 6.97. The van der Waals surface area contributed by atoms with E-state index in [-0.39, 0.29) is 5.91 Å². The first-order chi connectivity index (χ1) is 10.4. The smallest absolute Gasteiger partial charge is 0.251 e. The lowest BCUT2D eigenvalue weighted by atomic mass is 10.1. The van der Waals surface area contributed by atoms with E-state index in [0.717, 1.165) is 46.1 Å². The Labute approximate surface area is 136 Å². The molecule has 5 heteroatoms. The fourth-order valence-corrected chi connectivity index (χ4v) is 2.62. The predicted octanol–water partition coefficient (Wildman–Crippen LogP) is 3.59. The quantitative estimate of drug-likeness (QED) is 0.856. The number of amides is 1. The Morgan fingerprint density at radius 1 is 1.27 bits per heavy atom. The number of hydrogen-bond donors (Lipinski definition) is 1. The third-order valence-corrected chi connectivity index (χ3v) is 4.30. The number of aryl methyl sites for hydroxylation is 4. The van der Waals surface area contributed by atoms with Crippen LogP contribution in [0.25, 0.3) is 0 Å². The van der Waals surface area contributed by atoms with Gasteiger partial charge in [0, 0.05) is 18.7 Å². The second-order valence-corrected chi connectivity index (χ2v) is 6.01. The van der Waals surface area contributed by atoms with Crippen molar-refractivity contribution in [2.45, 2.75) is 40.7 Å². The van der Waals surface area contributed by atoms with Crippen LogP contribution in [-0.4, -0.2) is 22.2 Å². The van der Waals surface area contributed by atoms with Crippen molar-refractivity contribution >= 4 is 17.5 Å². The van der Waals surface area contributed by atoms with Crippen molar-refractivity contribution < 1.29 is 4.79 Å². The van der Waals surface area contributed by atoms with Crippen molar-refractivity contribution in [2.24, 2.45) is 0 Å². The Morgan fingerprint density at radius 3 is 2.59 bits per heavy atom. The summed E-state index contributed by atoms with van der Waals surface area (Å²) in [6.07, 6.45) is 0.814. The van der Waals surface area contributed by atoms with Crippen LogP contribution in [0.4, 0.5) is 0 Å². The summed E-state index contributed by atoms with van der Waals surface area (Å²) in [5, 5.41) is 8.06. The van der Waals surface area contributed by atoms with Crippen LogP contribution in [0.5, 0.6) is 0 Å². The molecule has 22 heavy (non-hydrogen) atoms. The van der Waals surface area contributed by atoms with Crippen LogP contribution < -0.4 is 5.32 Å². The molecule has 1 aromatic carbocycles. The average molecular weight is 320 g/mol. The molecule has 1 amide bonds. The van der Waals surface area contributed by atoms with Crippen molar-refractivity contribution in [1.29, 1.82) is 0 Å². The van der Waals surface area contributed by atoms with Crippen LogP contribution in [-0.2, 0) is 6.54 Å². The maximum Gasteiger partial charge on any atom is 0.251 e. The van der Waals surface area contributed by atoms with Gasteiger partial charge < -0.3 is 5.32 Å². The Morgan fingerprint density at radius 2 is 2.00 bits per heavy atom. The van der Waals surface area contributed by atoms with Crippen molar-refractivity contribution in [3.63, 3.8) is 0 Å². The highest BCUT2D eigenvalue weighted by Crippen LogP contribution is 2.18. The molecule has 2 rings (SSSR count). The van der Waals surface area contributed by atoms with E-state index in [9.17, 15) is 4.79 Å². The lowest BCUT2D eigenvalue weighted by Gasteiger charge is -2.09. The van der Waals surface area contributed by atoms with Crippen molar-refractivity contribution in [3.8, 4) is 0 Å². The van der Waals surface area contributed by atoms with Gasteiger partial charge in [-0.1, -0.05) is 29.3 Å². The van der Waals surface area contributed by atoms with E-state index >= 15 is 0 Å². The largest absolute Gasteiger partial charge is 0.352 e. The molecule has 1 N–H and O–H groups in total. The number of halogens is 1. The lowest BCUT2D eigenvalue weighted by molar-refractivity contribution is 0.0952. The third-order valence-electron chi connectivity index (χ3n) is 3.75. The molecule has 0 aliphatic heterocycles. The van der Waals surface area contributed by atoms with Gasteiger partial charge in [-0.3, -0.25) is 9.48 Å². The monoisotopic (exact) mass is 319 g/mol. The van der Waals surface area contributed by atoms with Crippen LogP contribution in [0.3, 0.4) is 0 Å². The van der Waals surface area contributed by atoms with Crippen molar-refractivity contribution in [2.75, 3.05) is 6.54 Å². The molecule has 0 spiro atoms. The number of carbonyl (C=O) groups is 1. The van der Waals surface area contributed by atoms with Crippen molar-refractivity contribution in [3.05, 3.63) is 51.3 Å². The highest BCUT2D eigenvalue weighted by Gasteiger charge is 2.10. The fourth-order valence-electron chi connectivity index (χ4n) is 2.49. The van der Waals surface area contributed by atoms with E-state index in [1.54, 1.807) is 0 Å². The van der Waals surface area contributed by atoms with E-state index in [1.165, 1.54) is 0 Å². The van der Waals surface area contributed by atoms with Gasteiger partial charge in [-0.05, 0) is 45.7 Å². The summed E-state index contributed by atoms with van der Waals surface area (Å²) in [5.74, 6) is -0.0242. The zero-order chi connectivity index (χ0) is 16.3. The maximum absolute atomic E-state index is 12.2. The third kappa shape index (κ3) is 3.69. The average Bonchev–Trinajstić information content (AvgIpc) is 2.70. The number of rotatable bonds is 5. The van der Waals surface area contributed by atoms with Gasteiger partial charge in [-0.25, -0.2) is 0 Å². The first-order valence-corrected chi connectivity index (χ1v) is 7.83. The number of carbonyl (C=O) groups excluding carboxylic acids is 1. The van der Waals surface area contributed by atoms with Gasteiger partial charge in [0.1, 0.15) is 0 Å². The van der Waals surface area contributed by atoms with Crippen molar-refractivity contribution in [1.82, 2.24) is 15.1 Å². The summed E-state index contributed by atoms with van der Waals surface area (Å²) in [5.41, 5.74) is 4.72. The number of nitrogens with zero attached hydrogens (tertiary/aromatic N) is 2. The maximum atomic E-state index is 12.2. The topological polar surface area (TPSA) is 46.9 Å². The highest BCUT2D eigenvalue weighted by molar-refractivity contribution is 6.31. The van der Waals surface area contributed by atoms with E-state index in [4.69, 9.17) is 11.6 Å². The van der Waals surface area contributed by atoms with E-state index in [2.05, 4.69) is 10.4 Å². The number of hydrogen-bond acceptors (Lipinski definition) is 2. The molecule has 1 aromatic heterocycles. The summed E-state index contributed by atoms with van der Waals surface area (Å²) in [7, 11) is 0. The Hall–Kier alpha value is -1.81. The van der Waals surface area contributed by atoms with Crippen LogP contribution >= 0.6 is 11.6 Å². The normalized spacial score (nSPS) is 10.8. The molecule has 0 aliphatic carbocycles.